The highest BCUT2D eigenvalue weighted by Crippen LogP contribution is 2.30. The average Bonchev–Trinajstić information content (AvgIpc) is 3.03. The van der Waals surface area contributed by atoms with Crippen LogP contribution < -0.4 is 5.32 Å². The fourth-order valence-electron chi connectivity index (χ4n) is 3.17. The Kier molecular flexibility index (Phi) is 5.03. The zero-order valence-corrected chi connectivity index (χ0v) is 14.5. The molecule has 22 heavy (non-hydrogen) atoms. The number of amides is 2. The van der Waals surface area contributed by atoms with Gasteiger partial charge >= 0.3 is 6.03 Å². The topological polar surface area (TPSA) is 35.6 Å². The van der Waals surface area contributed by atoms with E-state index in [9.17, 15) is 4.79 Å². The van der Waals surface area contributed by atoms with Crippen LogP contribution in [-0.2, 0) is 6.54 Å². The quantitative estimate of drug-likeness (QED) is 0.873. The smallest absolute Gasteiger partial charge is 0.318 e. The Hall–Kier alpha value is -1.07. The predicted molar refractivity (Wildman–Crippen MR) is 91.3 cm³/mol. The monoisotopic (exact) mass is 321 g/mol. The number of nitrogens with zero attached hydrogens (tertiary/aromatic N) is 2. The lowest BCUT2D eigenvalue weighted by atomic mass is 10.2. The lowest BCUT2D eigenvalue weighted by molar-refractivity contribution is 0.185. The summed E-state index contributed by atoms with van der Waals surface area (Å²) in [5.74, 6) is 0. The van der Waals surface area contributed by atoms with Crippen molar-refractivity contribution in [2.24, 2.45) is 0 Å². The number of urea groups is 1. The molecular formula is C17H27N3OS. The number of likely N-dealkylation sites (tertiary alicyclic amines) is 1. The van der Waals surface area contributed by atoms with Gasteiger partial charge in [0.1, 0.15) is 0 Å². The highest BCUT2D eigenvalue weighted by atomic mass is 32.1. The van der Waals surface area contributed by atoms with Crippen LogP contribution in [0.25, 0.3) is 0 Å². The number of aryl methyl sites for hydroxylation is 1. The Balaban J connectivity index is 1.54. The van der Waals surface area contributed by atoms with E-state index >= 15 is 0 Å². The van der Waals surface area contributed by atoms with Gasteiger partial charge in [0.05, 0.1) is 6.54 Å². The summed E-state index contributed by atoms with van der Waals surface area (Å²) in [6, 6.07) is 2.91. The van der Waals surface area contributed by atoms with Crippen molar-refractivity contribution in [3.63, 3.8) is 0 Å². The van der Waals surface area contributed by atoms with E-state index in [-0.39, 0.29) is 12.1 Å². The molecule has 1 aromatic rings. The Bertz CT molecular complexity index is 506. The van der Waals surface area contributed by atoms with Gasteiger partial charge in [0, 0.05) is 23.5 Å². The van der Waals surface area contributed by atoms with Crippen molar-refractivity contribution in [1.82, 2.24) is 15.1 Å². The van der Waals surface area contributed by atoms with Gasteiger partial charge in [-0.3, -0.25) is 0 Å². The van der Waals surface area contributed by atoms with Crippen LogP contribution in [0.4, 0.5) is 4.79 Å². The summed E-state index contributed by atoms with van der Waals surface area (Å²) >= 11 is 1.76. The first kappa shape index (κ1) is 15.8. The van der Waals surface area contributed by atoms with Crippen LogP contribution in [0, 0.1) is 6.92 Å². The van der Waals surface area contributed by atoms with Gasteiger partial charge in [0.2, 0.25) is 0 Å². The molecule has 1 N–H and O–H groups in total. The van der Waals surface area contributed by atoms with Crippen molar-refractivity contribution in [3.8, 4) is 0 Å². The minimum absolute atomic E-state index is 0.113. The lowest BCUT2D eigenvalue weighted by Crippen LogP contribution is -2.48. The Morgan fingerprint density at radius 1 is 1.45 bits per heavy atom. The number of thiophene rings is 1. The van der Waals surface area contributed by atoms with Gasteiger partial charge in [-0.1, -0.05) is 0 Å². The van der Waals surface area contributed by atoms with E-state index in [2.05, 4.69) is 35.5 Å². The normalized spacial score (nSPS) is 20.1. The van der Waals surface area contributed by atoms with Crippen LogP contribution in [-0.4, -0.2) is 47.5 Å². The maximum absolute atomic E-state index is 12.6. The minimum atomic E-state index is 0.113. The standard InChI is InChI=1S/C17H27N3OS/c1-13-7-10-22-16(13)12-20(15-5-6-15)17(21)18-14(2)11-19-8-3-4-9-19/h7,10,14-15H,3-6,8-9,11-12H2,1-2H3,(H,18,21)/t14-/m0/s1. The summed E-state index contributed by atoms with van der Waals surface area (Å²) in [4.78, 5) is 18.5. The second-order valence-corrected chi connectivity index (χ2v) is 7.74. The fraction of sp³-hybridized carbons (Fsp3) is 0.706. The second-order valence-electron chi connectivity index (χ2n) is 6.74. The molecule has 0 unspecified atom stereocenters. The van der Waals surface area contributed by atoms with Crippen molar-refractivity contribution in [2.45, 2.75) is 58.2 Å². The molecule has 4 nitrogen and oxygen atoms in total. The molecule has 1 saturated heterocycles. The Morgan fingerprint density at radius 3 is 2.77 bits per heavy atom. The van der Waals surface area contributed by atoms with Gasteiger partial charge < -0.3 is 15.1 Å². The van der Waals surface area contributed by atoms with Gasteiger partial charge in [0.25, 0.3) is 0 Å². The first-order chi connectivity index (χ1) is 10.6. The average molecular weight is 321 g/mol. The third kappa shape index (κ3) is 4.02. The molecule has 2 heterocycles. The van der Waals surface area contributed by atoms with Gasteiger partial charge in [-0.15, -0.1) is 11.3 Å². The molecule has 2 fully saturated rings. The summed E-state index contributed by atoms with van der Waals surface area (Å²) in [6.45, 7) is 8.35. The van der Waals surface area contributed by atoms with Crippen LogP contribution in [0.15, 0.2) is 11.4 Å². The van der Waals surface area contributed by atoms with E-state index in [1.807, 2.05) is 4.90 Å². The first-order valence-corrected chi connectivity index (χ1v) is 9.34. The molecule has 1 aliphatic heterocycles. The van der Waals surface area contributed by atoms with Crippen LogP contribution >= 0.6 is 11.3 Å². The molecule has 2 aliphatic rings. The molecule has 1 saturated carbocycles. The van der Waals surface area contributed by atoms with Gasteiger partial charge in [-0.2, -0.15) is 0 Å². The van der Waals surface area contributed by atoms with E-state index in [0.717, 1.165) is 25.9 Å². The van der Waals surface area contributed by atoms with Crippen LogP contribution in [0.2, 0.25) is 0 Å². The third-order valence-electron chi connectivity index (χ3n) is 4.63. The van der Waals surface area contributed by atoms with Crippen molar-refractivity contribution < 1.29 is 4.79 Å². The Labute approximate surface area is 137 Å². The summed E-state index contributed by atoms with van der Waals surface area (Å²) in [5, 5.41) is 5.32. The largest absolute Gasteiger partial charge is 0.334 e. The van der Waals surface area contributed by atoms with E-state index in [4.69, 9.17) is 0 Å². The summed E-state index contributed by atoms with van der Waals surface area (Å²) in [6.07, 6.45) is 4.90. The van der Waals surface area contributed by atoms with Gasteiger partial charge in [-0.05, 0) is 69.6 Å². The van der Waals surface area contributed by atoms with Crippen molar-refractivity contribution in [3.05, 3.63) is 21.9 Å². The summed E-state index contributed by atoms with van der Waals surface area (Å²) < 4.78 is 0. The zero-order chi connectivity index (χ0) is 15.5. The molecule has 0 spiro atoms. The number of nitrogens with one attached hydrogen (secondary N) is 1. The predicted octanol–water partition coefficient (Wildman–Crippen LogP) is 3.21. The van der Waals surface area contributed by atoms with Crippen molar-refractivity contribution in [1.29, 1.82) is 0 Å². The second kappa shape index (κ2) is 7.01. The molecule has 0 aromatic carbocycles. The molecule has 1 atom stereocenters. The molecule has 5 heteroatoms. The van der Waals surface area contributed by atoms with Crippen LogP contribution in [0.3, 0.4) is 0 Å². The SMILES string of the molecule is Cc1ccsc1CN(C(=O)N[C@@H](C)CN1CCCC1)C1CC1. The minimum Gasteiger partial charge on any atom is -0.334 e. The fourth-order valence-corrected chi connectivity index (χ4v) is 4.07. The van der Waals surface area contributed by atoms with E-state index in [1.165, 1.54) is 36.4 Å². The third-order valence-corrected chi connectivity index (χ3v) is 5.64. The highest BCUT2D eigenvalue weighted by Gasteiger charge is 2.33. The molecule has 3 rings (SSSR count). The number of hydrogen-bond donors (Lipinski definition) is 1. The molecule has 122 valence electrons. The number of hydrogen-bond acceptors (Lipinski definition) is 3. The molecule has 1 aromatic heterocycles. The number of rotatable bonds is 6. The van der Waals surface area contributed by atoms with Crippen molar-refractivity contribution in [2.75, 3.05) is 19.6 Å². The molecule has 1 aliphatic carbocycles. The van der Waals surface area contributed by atoms with Crippen LogP contribution in [0.5, 0.6) is 0 Å². The number of carbonyl (C=O) groups excluding carboxylic acids is 1. The van der Waals surface area contributed by atoms with Gasteiger partial charge in [-0.25, -0.2) is 4.79 Å². The van der Waals surface area contributed by atoms with Crippen molar-refractivity contribution >= 4 is 17.4 Å². The lowest BCUT2D eigenvalue weighted by Gasteiger charge is -2.27. The summed E-state index contributed by atoms with van der Waals surface area (Å²) in [5.41, 5.74) is 1.30. The maximum Gasteiger partial charge on any atom is 0.318 e. The molecular weight excluding hydrogens is 294 g/mol. The Morgan fingerprint density at radius 2 is 2.18 bits per heavy atom. The zero-order valence-electron chi connectivity index (χ0n) is 13.7. The summed E-state index contributed by atoms with van der Waals surface area (Å²) in [7, 11) is 0. The maximum atomic E-state index is 12.6. The van der Waals surface area contributed by atoms with E-state index in [0.29, 0.717) is 6.04 Å². The van der Waals surface area contributed by atoms with E-state index < -0.39 is 0 Å². The molecule has 2 amide bonds. The first-order valence-electron chi connectivity index (χ1n) is 8.46. The van der Waals surface area contributed by atoms with E-state index in [1.54, 1.807) is 11.3 Å². The molecule has 0 bridgehead atoms. The number of carbonyl (C=O) groups is 1. The molecule has 0 radical (unpaired) electrons. The highest BCUT2D eigenvalue weighted by molar-refractivity contribution is 7.10. The van der Waals surface area contributed by atoms with Crippen LogP contribution in [0.1, 0.15) is 43.0 Å². The van der Waals surface area contributed by atoms with Gasteiger partial charge in [0.15, 0.2) is 0 Å².